The summed E-state index contributed by atoms with van der Waals surface area (Å²) in [6.45, 7) is 4.18. The van der Waals surface area contributed by atoms with E-state index in [2.05, 4.69) is 17.6 Å². The van der Waals surface area contributed by atoms with Crippen LogP contribution >= 0.6 is 0 Å². The highest BCUT2D eigenvalue weighted by molar-refractivity contribution is 5.98. The summed E-state index contributed by atoms with van der Waals surface area (Å²) in [6, 6.07) is 6.14. The van der Waals surface area contributed by atoms with Gasteiger partial charge < -0.3 is 15.4 Å². The lowest BCUT2D eigenvalue weighted by Crippen LogP contribution is -2.40. The van der Waals surface area contributed by atoms with E-state index in [0.717, 1.165) is 23.5 Å². The van der Waals surface area contributed by atoms with Crippen molar-refractivity contribution in [3.8, 4) is 5.75 Å². The molecule has 4 heteroatoms. The van der Waals surface area contributed by atoms with Gasteiger partial charge in [-0.3, -0.25) is 4.79 Å². The van der Waals surface area contributed by atoms with Crippen molar-refractivity contribution < 1.29 is 9.53 Å². The van der Waals surface area contributed by atoms with E-state index in [1.165, 1.54) is 25.7 Å². The fourth-order valence-corrected chi connectivity index (χ4v) is 3.26. The van der Waals surface area contributed by atoms with E-state index >= 15 is 0 Å². The molecular formula is C17H24N2O2. The number of ketones is 1. The molecule has 0 amide bonds. The number of hydrogen-bond donors (Lipinski definition) is 2. The van der Waals surface area contributed by atoms with Crippen LogP contribution < -0.4 is 15.4 Å². The summed E-state index contributed by atoms with van der Waals surface area (Å²) in [6.07, 6.45) is 5.06. The first-order valence-corrected chi connectivity index (χ1v) is 8.01. The van der Waals surface area contributed by atoms with Crippen molar-refractivity contribution in [1.82, 2.24) is 5.32 Å². The summed E-state index contributed by atoms with van der Waals surface area (Å²) >= 11 is 0. The maximum absolute atomic E-state index is 12.3. The second-order valence-corrected chi connectivity index (χ2v) is 6.16. The third-order valence-electron chi connectivity index (χ3n) is 4.61. The lowest BCUT2D eigenvalue weighted by molar-refractivity contribution is 0.0980. The monoisotopic (exact) mass is 288 g/mol. The van der Waals surface area contributed by atoms with Crippen molar-refractivity contribution in [3.63, 3.8) is 0 Å². The van der Waals surface area contributed by atoms with Crippen LogP contribution in [0.5, 0.6) is 5.75 Å². The smallest absolute Gasteiger partial charge is 0.176 e. The molecule has 114 valence electrons. The molecule has 2 atom stereocenters. The molecule has 1 heterocycles. The summed E-state index contributed by atoms with van der Waals surface area (Å²) < 4.78 is 5.54. The van der Waals surface area contributed by atoms with Crippen LogP contribution in [0.15, 0.2) is 18.2 Å². The van der Waals surface area contributed by atoms with Crippen LogP contribution in [0.4, 0.5) is 5.69 Å². The lowest BCUT2D eigenvalue weighted by Gasteiger charge is -2.29. The Morgan fingerprint density at radius 3 is 3.10 bits per heavy atom. The molecule has 1 fully saturated rings. The van der Waals surface area contributed by atoms with Gasteiger partial charge in [-0.25, -0.2) is 0 Å². The molecule has 1 aromatic rings. The summed E-state index contributed by atoms with van der Waals surface area (Å²) in [4.78, 5) is 12.3. The Morgan fingerprint density at radius 1 is 1.38 bits per heavy atom. The molecule has 2 unspecified atom stereocenters. The van der Waals surface area contributed by atoms with Crippen LogP contribution in [-0.2, 0) is 0 Å². The molecule has 0 aromatic heterocycles. The van der Waals surface area contributed by atoms with Crippen molar-refractivity contribution in [2.24, 2.45) is 5.92 Å². The predicted molar refractivity (Wildman–Crippen MR) is 84.2 cm³/mol. The largest absolute Gasteiger partial charge is 0.490 e. The van der Waals surface area contributed by atoms with Gasteiger partial charge in [-0.2, -0.15) is 0 Å². The Labute approximate surface area is 126 Å². The highest BCUT2D eigenvalue weighted by Gasteiger charge is 2.22. The van der Waals surface area contributed by atoms with Crippen molar-refractivity contribution in [2.75, 3.05) is 25.0 Å². The van der Waals surface area contributed by atoms with E-state index in [1.54, 1.807) is 0 Å². The topological polar surface area (TPSA) is 50.4 Å². The molecule has 0 bridgehead atoms. The van der Waals surface area contributed by atoms with Crippen molar-refractivity contribution in [3.05, 3.63) is 23.8 Å². The van der Waals surface area contributed by atoms with Gasteiger partial charge in [0.05, 0.1) is 12.2 Å². The van der Waals surface area contributed by atoms with Crippen LogP contribution in [0.3, 0.4) is 0 Å². The first-order valence-electron chi connectivity index (χ1n) is 8.01. The van der Waals surface area contributed by atoms with Gasteiger partial charge in [0.1, 0.15) is 12.4 Å². The van der Waals surface area contributed by atoms with Crippen molar-refractivity contribution in [1.29, 1.82) is 0 Å². The molecule has 4 nitrogen and oxygen atoms in total. The van der Waals surface area contributed by atoms with Gasteiger partial charge in [-0.1, -0.05) is 19.8 Å². The van der Waals surface area contributed by atoms with Crippen LogP contribution in [0.1, 0.15) is 43.0 Å². The molecule has 1 aliphatic heterocycles. The van der Waals surface area contributed by atoms with Crippen LogP contribution in [0.2, 0.25) is 0 Å². The standard InChI is InChI=1S/C17H24N2O2/c1-12-4-2-3-5-14(12)19-11-16(20)13-6-7-17-15(10-13)18-8-9-21-17/h6-7,10,12,14,18-19H,2-5,8-9,11H2,1H3. The number of benzene rings is 1. The molecule has 2 aliphatic rings. The van der Waals surface area contributed by atoms with Crippen LogP contribution in [0.25, 0.3) is 0 Å². The Balaban J connectivity index is 1.60. The highest BCUT2D eigenvalue weighted by Crippen LogP contribution is 2.28. The number of carbonyl (C=O) groups is 1. The normalized spacial score (nSPS) is 24.6. The molecule has 1 aromatic carbocycles. The summed E-state index contributed by atoms with van der Waals surface area (Å²) in [7, 11) is 0. The summed E-state index contributed by atoms with van der Waals surface area (Å²) in [5.74, 6) is 1.67. The van der Waals surface area contributed by atoms with Crippen molar-refractivity contribution in [2.45, 2.75) is 38.6 Å². The van der Waals surface area contributed by atoms with E-state index in [0.29, 0.717) is 25.1 Å². The molecule has 2 N–H and O–H groups in total. The van der Waals surface area contributed by atoms with Crippen molar-refractivity contribution >= 4 is 11.5 Å². The minimum absolute atomic E-state index is 0.156. The number of Topliss-reactive ketones (excluding diaryl/α,β-unsaturated/α-hetero) is 1. The summed E-state index contributed by atoms with van der Waals surface area (Å²) in [5.41, 5.74) is 1.68. The zero-order chi connectivity index (χ0) is 14.7. The number of carbonyl (C=O) groups excluding carboxylic acids is 1. The first-order chi connectivity index (χ1) is 10.2. The average Bonchev–Trinajstić information content (AvgIpc) is 2.53. The minimum Gasteiger partial charge on any atom is -0.490 e. The zero-order valence-corrected chi connectivity index (χ0v) is 12.7. The zero-order valence-electron chi connectivity index (χ0n) is 12.7. The van der Waals surface area contributed by atoms with Gasteiger partial charge in [-0.05, 0) is 37.0 Å². The fraction of sp³-hybridized carbons (Fsp3) is 0.588. The molecule has 0 spiro atoms. The minimum atomic E-state index is 0.156. The third-order valence-corrected chi connectivity index (χ3v) is 4.61. The molecule has 0 radical (unpaired) electrons. The van der Waals surface area contributed by atoms with Crippen LogP contribution in [0, 0.1) is 5.92 Å². The van der Waals surface area contributed by atoms with Gasteiger partial charge >= 0.3 is 0 Å². The predicted octanol–water partition coefficient (Wildman–Crippen LogP) is 2.84. The molecule has 21 heavy (non-hydrogen) atoms. The van der Waals surface area contributed by atoms with E-state index < -0.39 is 0 Å². The first kappa shape index (κ1) is 14.4. The lowest BCUT2D eigenvalue weighted by atomic mass is 9.86. The second kappa shape index (κ2) is 6.48. The maximum Gasteiger partial charge on any atom is 0.176 e. The molecule has 1 aliphatic carbocycles. The second-order valence-electron chi connectivity index (χ2n) is 6.16. The van der Waals surface area contributed by atoms with E-state index in [9.17, 15) is 4.79 Å². The average molecular weight is 288 g/mol. The molecule has 0 saturated heterocycles. The Hall–Kier alpha value is -1.55. The molecule has 1 saturated carbocycles. The van der Waals surface area contributed by atoms with Crippen LogP contribution in [-0.4, -0.2) is 31.5 Å². The Morgan fingerprint density at radius 2 is 2.24 bits per heavy atom. The Kier molecular flexibility index (Phi) is 4.44. The Bertz CT molecular complexity index is 516. The number of hydrogen-bond acceptors (Lipinski definition) is 4. The van der Waals surface area contributed by atoms with Gasteiger partial charge in [0.2, 0.25) is 0 Å². The highest BCUT2D eigenvalue weighted by atomic mass is 16.5. The molecular weight excluding hydrogens is 264 g/mol. The number of nitrogens with one attached hydrogen (secondary N) is 2. The maximum atomic E-state index is 12.3. The number of fused-ring (bicyclic) bond motifs is 1. The van der Waals surface area contributed by atoms with Gasteiger partial charge in [-0.15, -0.1) is 0 Å². The summed E-state index contributed by atoms with van der Waals surface area (Å²) in [5, 5.41) is 6.72. The number of ether oxygens (including phenoxy) is 1. The van der Waals surface area contributed by atoms with E-state index in [1.807, 2.05) is 18.2 Å². The van der Waals surface area contributed by atoms with Gasteiger partial charge in [0, 0.05) is 18.2 Å². The quantitative estimate of drug-likeness (QED) is 0.837. The fourth-order valence-electron chi connectivity index (χ4n) is 3.26. The van der Waals surface area contributed by atoms with E-state index in [-0.39, 0.29) is 5.78 Å². The van der Waals surface area contributed by atoms with Gasteiger partial charge in [0.25, 0.3) is 0 Å². The van der Waals surface area contributed by atoms with E-state index in [4.69, 9.17) is 4.74 Å². The molecule has 3 rings (SSSR count). The number of anilines is 1. The SMILES string of the molecule is CC1CCCCC1NCC(=O)c1ccc2c(c1)NCCO2. The third kappa shape index (κ3) is 3.38. The number of rotatable bonds is 4. The van der Waals surface area contributed by atoms with Gasteiger partial charge in [0.15, 0.2) is 5.78 Å².